The fraction of sp³-hybridized carbons (Fsp3) is 0.111. The summed E-state index contributed by atoms with van der Waals surface area (Å²) in [5, 5.41) is 0.900. The number of fused-ring (bicyclic) bond motifs is 2. The summed E-state index contributed by atoms with van der Waals surface area (Å²) in [5.74, 6) is -0.109. The van der Waals surface area contributed by atoms with E-state index in [0.717, 1.165) is 16.5 Å². The van der Waals surface area contributed by atoms with Gasteiger partial charge in [0.05, 0.1) is 6.54 Å². The van der Waals surface area contributed by atoms with Crippen LogP contribution in [-0.2, 0) is 6.54 Å². The lowest BCUT2D eigenvalue weighted by Crippen LogP contribution is -2.30. The van der Waals surface area contributed by atoms with E-state index in [1.807, 2.05) is 48.5 Å². The van der Waals surface area contributed by atoms with Crippen molar-refractivity contribution in [2.75, 3.05) is 6.54 Å². The van der Waals surface area contributed by atoms with Gasteiger partial charge in [0, 0.05) is 34.8 Å². The fourth-order valence-corrected chi connectivity index (χ4v) is 3.00. The molecule has 0 fully saturated rings. The lowest BCUT2D eigenvalue weighted by atomic mass is 10.1. The van der Waals surface area contributed by atoms with Crippen molar-refractivity contribution in [2.24, 2.45) is 0 Å². The van der Waals surface area contributed by atoms with Crippen LogP contribution < -0.4 is 0 Å². The predicted molar refractivity (Wildman–Crippen MR) is 83.8 cm³/mol. The number of Topliss-reactive ketones (excluding diaryl/α,β-unsaturated/α-hetero) is 1. The molecule has 0 saturated carbocycles. The molecule has 0 unspecified atom stereocenters. The average molecular weight is 290 g/mol. The Morgan fingerprint density at radius 2 is 1.86 bits per heavy atom. The summed E-state index contributed by atoms with van der Waals surface area (Å²) in [5.41, 5.74) is 3.26. The number of ketones is 1. The van der Waals surface area contributed by atoms with E-state index < -0.39 is 0 Å². The van der Waals surface area contributed by atoms with Crippen molar-refractivity contribution in [2.45, 2.75) is 6.54 Å². The summed E-state index contributed by atoms with van der Waals surface area (Å²) in [6, 6.07) is 15.2. The maximum atomic E-state index is 12.6. The molecular weight excluding hydrogens is 276 g/mol. The first kappa shape index (κ1) is 12.8. The van der Waals surface area contributed by atoms with Gasteiger partial charge in [0.15, 0.2) is 5.78 Å². The van der Waals surface area contributed by atoms with Crippen molar-refractivity contribution < 1.29 is 9.59 Å². The Hall–Kier alpha value is -2.88. The minimum atomic E-state index is -0.0659. The number of rotatable bonds is 3. The van der Waals surface area contributed by atoms with Crippen LogP contribution in [0.1, 0.15) is 26.3 Å². The van der Waals surface area contributed by atoms with Crippen LogP contribution in [0.25, 0.3) is 10.9 Å². The second-order valence-corrected chi connectivity index (χ2v) is 5.49. The van der Waals surface area contributed by atoms with Gasteiger partial charge in [-0.25, -0.2) is 0 Å². The van der Waals surface area contributed by atoms with Gasteiger partial charge in [-0.15, -0.1) is 0 Å². The standard InChI is InChI=1S/C18H14N2O2/c21-17(15-9-19-16-8-4-3-7-14(15)16)11-20-10-12-5-1-2-6-13(12)18(20)22/h1-9,19H,10-11H2. The average Bonchev–Trinajstić information content (AvgIpc) is 3.10. The molecule has 2 aromatic carbocycles. The number of para-hydroxylation sites is 1. The summed E-state index contributed by atoms with van der Waals surface area (Å²) in [6.07, 6.45) is 1.72. The molecule has 0 spiro atoms. The zero-order valence-electron chi connectivity index (χ0n) is 11.9. The minimum absolute atomic E-state index is 0.0430. The highest BCUT2D eigenvalue weighted by atomic mass is 16.2. The van der Waals surface area contributed by atoms with Crippen molar-refractivity contribution in [3.63, 3.8) is 0 Å². The first-order chi connectivity index (χ1) is 10.7. The van der Waals surface area contributed by atoms with Gasteiger partial charge in [-0.3, -0.25) is 9.59 Å². The highest BCUT2D eigenvalue weighted by Gasteiger charge is 2.28. The van der Waals surface area contributed by atoms with Gasteiger partial charge in [-0.1, -0.05) is 36.4 Å². The second-order valence-electron chi connectivity index (χ2n) is 5.49. The van der Waals surface area contributed by atoms with Crippen molar-refractivity contribution in [3.05, 3.63) is 71.4 Å². The number of carbonyl (C=O) groups excluding carboxylic acids is 2. The number of nitrogens with one attached hydrogen (secondary N) is 1. The third kappa shape index (κ3) is 1.92. The number of carbonyl (C=O) groups is 2. The Morgan fingerprint density at radius 3 is 2.73 bits per heavy atom. The highest BCUT2D eigenvalue weighted by Crippen LogP contribution is 2.24. The number of H-pyrrole nitrogens is 1. The quantitative estimate of drug-likeness (QED) is 0.754. The van der Waals surface area contributed by atoms with Crippen LogP contribution in [0.5, 0.6) is 0 Å². The van der Waals surface area contributed by atoms with Crippen molar-refractivity contribution in [1.82, 2.24) is 9.88 Å². The number of nitrogens with zero attached hydrogens (tertiary/aromatic N) is 1. The molecule has 4 rings (SSSR count). The molecule has 4 nitrogen and oxygen atoms in total. The molecule has 1 aliphatic heterocycles. The molecule has 1 aromatic heterocycles. The first-order valence-corrected chi connectivity index (χ1v) is 7.20. The molecule has 0 saturated heterocycles. The normalized spacial score (nSPS) is 13.6. The van der Waals surface area contributed by atoms with E-state index in [0.29, 0.717) is 17.7 Å². The lowest BCUT2D eigenvalue weighted by Gasteiger charge is -2.14. The van der Waals surface area contributed by atoms with Crippen LogP contribution in [0.15, 0.2) is 54.7 Å². The van der Waals surface area contributed by atoms with E-state index in [4.69, 9.17) is 0 Å². The molecule has 2 heterocycles. The number of amides is 1. The van der Waals surface area contributed by atoms with E-state index >= 15 is 0 Å². The molecule has 108 valence electrons. The third-order valence-corrected chi connectivity index (χ3v) is 4.12. The molecule has 1 amide bonds. The molecule has 0 aliphatic carbocycles. The van der Waals surface area contributed by atoms with Gasteiger partial charge in [0.25, 0.3) is 5.91 Å². The Morgan fingerprint density at radius 1 is 1.09 bits per heavy atom. The van der Waals surface area contributed by atoms with Crippen LogP contribution in [0.2, 0.25) is 0 Å². The molecule has 1 aliphatic rings. The SMILES string of the molecule is O=C(CN1Cc2ccccc2C1=O)c1c[nH]c2ccccc12. The van der Waals surface area contributed by atoms with Crippen LogP contribution in [0.4, 0.5) is 0 Å². The highest BCUT2D eigenvalue weighted by molar-refractivity contribution is 6.10. The molecule has 0 radical (unpaired) electrons. The van der Waals surface area contributed by atoms with E-state index in [1.54, 1.807) is 11.1 Å². The number of hydrogen-bond donors (Lipinski definition) is 1. The molecule has 0 atom stereocenters. The van der Waals surface area contributed by atoms with E-state index in [2.05, 4.69) is 4.98 Å². The van der Waals surface area contributed by atoms with Crippen molar-refractivity contribution in [1.29, 1.82) is 0 Å². The fourth-order valence-electron chi connectivity index (χ4n) is 3.00. The zero-order chi connectivity index (χ0) is 15.1. The maximum absolute atomic E-state index is 12.6. The molecule has 3 aromatic rings. The predicted octanol–water partition coefficient (Wildman–Crippen LogP) is 3.01. The lowest BCUT2D eigenvalue weighted by molar-refractivity contribution is 0.0729. The maximum Gasteiger partial charge on any atom is 0.254 e. The summed E-state index contributed by atoms with van der Waals surface area (Å²) < 4.78 is 0. The molecule has 4 heteroatoms. The smallest absolute Gasteiger partial charge is 0.254 e. The minimum Gasteiger partial charge on any atom is -0.360 e. The number of hydrogen-bond acceptors (Lipinski definition) is 2. The molecule has 0 bridgehead atoms. The second kappa shape index (κ2) is 4.84. The van der Waals surface area contributed by atoms with Crippen LogP contribution in [-0.4, -0.2) is 28.1 Å². The summed E-state index contributed by atoms with van der Waals surface area (Å²) >= 11 is 0. The Kier molecular flexibility index (Phi) is 2.82. The Labute approximate surface area is 127 Å². The largest absolute Gasteiger partial charge is 0.360 e. The summed E-state index contributed by atoms with van der Waals surface area (Å²) in [7, 11) is 0. The zero-order valence-corrected chi connectivity index (χ0v) is 11.9. The van der Waals surface area contributed by atoms with Gasteiger partial charge >= 0.3 is 0 Å². The topological polar surface area (TPSA) is 53.2 Å². The first-order valence-electron chi connectivity index (χ1n) is 7.20. The van der Waals surface area contributed by atoms with Gasteiger partial charge in [0.1, 0.15) is 0 Å². The number of benzene rings is 2. The summed E-state index contributed by atoms with van der Waals surface area (Å²) in [6.45, 7) is 0.610. The van der Waals surface area contributed by atoms with Crippen LogP contribution >= 0.6 is 0 Å². The van der Waals surface area contributed by atoms with E-state index in [-0.39, 0.29) is 18.2 Å². The number of aromatic amines is 1. The van der Waals surface area contributed by atoms with Gasteiger partial charge in [0.2, 0.25) is 0 Å². The Bertz CT molecular complexity index is 895. The molecule has 1 N–H and O–H groups in total. The van der Waals surface area contributed by atoms with Gasteiger partial charge in [-0.2, -0.15) is 0 Å². The van der Waals surface area contributed by atoms with Crippen molar-refractivity contribution in [3.8, 4) is 0 Å². The van der Waals surface area contributed by atoms with Crippen LogP contribution in [0.3, 0.4) is 0 Å². The Balaban J connectivity index is 1.60. The van der Waals surface area contributed by atoms with E-state index in [1.165, 1.54) is 0 Å². The van der Waals surface area contributed by atoms with Gasteiger partial charge in [-0.05, 0) is 17.7 Å². The van der Waals surface area contributed by atoms with Gasteiger partial charge < -0.3 is 9.88 Å². The monoisotopic (exact) mass is 290 g/mol. The summed E-state index contributed by atoms with van der Waals surface area (Å²) in [4.78, 5) is 29.6. The molecular formula is C18H14N2O2. The van der Waals surface area contributed by atoms with E-state index in [9.17, 15) is 9.59 Å². The number of aromatic nitrogens is 1. The van der Waals surface area contributed by atoms with Crippen LogP contribution in [0, 0.1) is 0 Å². The van der Waals surface area contributed by atoms with Crippen molar-refractivity contribution >= 4 is 22.6 Å². The molecule has 22 heavy (non-hydrogen) atoms. The third-order valence-electron chi connectivity index (χ3n) is 4.12.